The minimum atomic E-state index is -0.615. The van der Waals surface area contributed by atoms with Crippen LogP contribution in [0.3, 0.4) is 0 Å². The number of aromatic nitrogens is 2. The van der Waals surface area contributed by atoms with E-state index in [0.29, 0.717) is 18.8 Å². The first-order valence-electron chi connectivity index (χ1n) is 7.12. The van der Waals surface area contributed by atoms with Gasteiger partial charge in [0, 0.05) is 32.2 Å². The molecule has 1 saturated heterocycles. The molecule has 3 N–H and O–H groups in total. The topological polar surface area (TPSA) is 93.2 Å². The fourth-order valence-electron chi connectivity index (χ4n) is 2.46. The predicted molar refractivity (Wildman–Crippen MR) is 80.9 cm³/mol. The van der Waals surface area contributed by atoms with Gasteiger partial charge in [-0.15, -0.1) is 0 Å². The van der Waals surface area contributed by atoms with E-state index < -0.39 is 5.91 Å². The van der Waals surface area contributed by atoms with Crippen molar-refractivity contribution in [1.29, 1.82) is 0 Å². The molecule has 0 bridgehead atoms. The largest absolute Gasteiger partial charge is 0.364 e. The van der Waals surface area contributed by atoms with Crippen LogP contribution in [0.5, 0.6) is 0 Å². The number of rotatable bonds is 3. The van der Waals surface area contributed by atoms with Crippen molar-refractivity contribution in [1.82, 2.24) is 20.0 Å². The van der Waals surface area contributed by atoms with E-state index in [1.807, 2.05) is 18.2 Å². The molecule has 0 saturated carbocycles. The van der Waals surface area contributed by atoms with Crippen LogP contribution in [0.2, 0.25) is 0 Å². The third-order valence-corrected chi connectivity index (χ3v) is 3.59. The summed E-state index contributed by atoms with van der Waals surface area (Å²) in [7, 11) is 0. The van der Waals surface area contributed by atoms with Crippen LogP contribution in [-0.2, 0) is 0 Å². The normalized spacial score (nSPS) is 14.8. The first kappa shape index (κ1) is 14.3. The minimum absolute atomic E-state index is 0.182. The van der Waals surface area contributed by atoms with Crippen LogP contribution >= 0.6 is 0 Å². The maximum absolute atomic E-state index is 12.5. The Morgan fingerprint density at radius 1 is 1.14 bits per heavy atom. The van der Waals surface area contributed by atoms with E-state index in [9.17, 15) is 9.59 Å². The fraction of sp³-hybridized carbons (Fsp3) is 0.267. The average Bonchev–Trinajstić information content (AvgIpc) is 3.01. The molecule has 0 radical (unpaired) electrons. The summed E-state index contributed by atoms with van der Waals surface area (Å²) in [6.07, 6.45) is 0. The zero-order valence-corrected chi connectivity index (χ0v) is 12.0. The summed E-state index contributed by atoms with van der Waals surface area (Å²) in [5.41, 5.74) is 6.53. The molecular weight excluding hydrogens is 282 g/mol. The SMILES string of the molecule is NC(=O)c1cc(C(=O)N2CCNCC2)nn1-c1ccccc1. The van der Waals surface area contributed by atoms with E-state index >= 15 is 0 Å². The van der Waals surface area contributed by atoms with E-state index in [1.54, 1.807) is 17.0 Å². The van der Waals surface area contributed by atoms with Gasteiger partial charge in [-0.1, -0.05) is 18.2 Å². The third-order valence-electron chi connectivity index (χ3n) is 3.59. The third kappa shape index (κ3) is 2.71. The quantitative estimate of drug-likeness (QED) is 0.835. The maximum atomic E-state index is 12.5. The van der Waals surface area contributed by atoms with Crippen molar-refractivity contribution in [2.75, 3.05) is 26.2 Å². The van der Waals surface area contributed by atoms with Gasteiger partial charge in [0.2, 0.25) is 0 Å². The molecule has 2 amide bonds. The van der Waals surface area contributed by atoms with Gasteiger partial charge in [-0.25, -0.2) is 4.68 Å². The smallest absolute Gasteiger partial charge is 0.274 e. The van der Waals surface area contributed by atoms with Crippen molar-refractivity contribution in [2.45, 2.75) is 0 Å². The zero-order chi connectivity index (χ0) is 15.5. The van der Waals surface area contributed by atoms with Crippen molar-refractivity contribution < 1.29 is 9.59 Å². The van der Waals surface area contributed by atoms with Crippen molar-refractivity contribution in [3.05, 3.63) is 47.8 Å². The highest BCUT2D eigenvalue weighted by Gasteiger charge is 2.23. The second-order valence-electron chi connectivity index (χ2n) is 5.07. The molecule has 22 heavy (non-hydrogen) atoms. The Morgan fingerprint density at radius 3 is 2.45 bits per heavy atom. The van der Waals surface area contributed by atoms with Crippen molar-refractivity contribution in [3.8, 4) is 5.69 Å². The van der Waals surface area contributed by atoms with E-state index in [-0.39, 0.29) is 17.3 Å². The number of carbonyl (C=O) groups is 2. The summed E-state index contributed by atoms with van der Waals surface area (Å²) in [6.45, 7) is 2.77. The number of carbonyl (C=O) groups excluding carboxylic acids is 2. The minimum Gasteiger partial charge on any atom is -0.364 e. The summed E-state index contributed by atoms with van der Waals surface area (Å²) < 4.78 is 1.41. The Balaban J connectivity index is 1.96. The van der Waals surface area contributed by atoms with Crippen LogP contribution in [0.25, 0.3) is 5.69 Å². The standard InChI is InChI=1S/C15H17N5O2/c16-14(21)13-10-12(15(22)19-8-6-17-7-9-19)18-20(13)11-4-2-1-3-5-11/h1-5,10,17H,6-9H2,(H2,16,21). The first-order valence-corrected chi connectivity index (χ1v) is 7.12. The van der Waals surface area contributed by atoms with Crippen LogP contribution in [0, 0.1) is 0 Å². The number of hydrogen-bond acceptors (Lipinski definition) is 4. The second-order valence-corrected chi connectivity index (χ2v) is 5.07. The molecular formula is C15H17N5O2. The first-order chi connectivity index (χ1) is 10.7. The molecule has 1 aliphatic rings. The Kier molecular flexibility index (Phi) is 3.88. The lowest BCUT2D eigenvalue weighted by atomic mass is 10.2. The van der Waals surface area contributed by atoms with Crippen molar-refractivity contribution >= 4 is 11.8 Å². The van der Waals surface area contributed by atoms with E-state index in [0.717, 1.165) is 13.1 Å². The van der Waals surface area contributed by atoms with Gasteiger partial charge < -0.3 is 16.0 Å². The van der Waals surface area contributed by atoms with Gasteiger partial charge in [0.05, 0.1) is 5.69 Å². The molecule has 1 aliphatic heterocycles. The van der Waals surface area contributed by atoms with Crippen LogP contribution in [0.1, 0.15) is 21.0 Å². The van der Waals surface area contributed by atoms with Crippen LogP contribution in [0.4, 0.5) is 0 Å². The highest BCUT2D eigenvalue weighted by molar-refractivity contribution is 5.97. The lowest BCUT2D eigenvalue weighted by Crippen LogP contribution is -2.46. The molecule has 0 atom stereocenters. The molecule has 7 heteroatoms. The Bertz CT molecular complexity index is 689. The number of hydrogen-bond donors (Lipinski definition) is 2. The number of primary amides is 1. The van der Waals surface area contributed by atoms with Gasteiger partial charge in [-0.3, -0.25) is 9.59 Å². The van der Waals surface area contributed by atoms with E-state index in [4.69, 9.17) is 5.73 Å². The summed E-state index contributed by atoms with van der Waals surface area (Å²) in [4.78, 5) is 25.8. The number of benzene rings is 1. The molecule has 0 unspecified atom stereocenters. The lowest BCUT2D eigenvalue weighted by molar-refractivity contribution is 0.0729. The fourth-order valence-corrected chi connectivity index (χ4v) is 2.46. The molecule has 1 fully saturated rings. The van der Waals surface area contributed by atoms with Crippen LogP contribution in [-0.4, -0.2) is 52.7 Å². The highest BCUT2D eigenvalue weighted by Crippen LogP contribution is 2.14. The van der Waals surface area contributed by atoms with Gasteiger partial charge in [-0.2, -0.15) is 5.10 Å². The molecule has 1 aromatic heterocycles. The Labute approximate surface area is 127 Å². The summed E-state index contributed by atoms with van der Waals surface area (Å²) in [6, 6.07) is 10.6. The monoisotopic (exact) mass is 299 g/mol. The Morgan fingerprint density at radius 2 is 1.82 bits per heavy atom. The number of para-hydroxylation sites is 1. The summed E-state index contributed by atoms with van der Waals surface area (Å²) in [5, 5.41) is 7.47. The van der Waals surface area contributed by atoms with Gasteiger partial charge in [0.15, 0.2) is 5.69 Å². The molecule has 2 heterocycles. The zero-order valence-electron chi connectivity index (χ0n) is 12.0. The predicted octanol–water partition coefficient (Wildman–Crippen LogP) is 0.0166. The summed E-state index contributed by atoms with van der Waals surface area (Å²) >= 11 is 0. The van der Waals surface area contributed by atoms with E-state index in [2.05, 4.69) is 10.4 Å². The average molecular weight is 299 g/mol. The van der Waals surface area contributed by atoms with Crippen molar-refractivity contribution in [2.24, 2.45) is 5.73 Å². The Hall–Kier alpha value is -2.67. The second kappa shape index (κ2) is 5.98. The van der Waals surface area contributed by atoms with E-state index in [1.165, 1.54) is 10.7 Å². The van der Waals surface area contributed by atoms with Crippen LogP contribution < -0.4 is 11.1 Å². The van der Waals surface area contributed by atoms with Gasteiger partial charge in [-0.05, 0) is 12.1 Å². The van der Waals surface area contributed by atoms with Gasteiger partial charge >= 0.3 is 0 Å². The van der Waals surface area contributed by atoms with Crippen molar-refractivity contribution in [3.63, 3.8) is 0 Å². The number of nitrogens with one attached hydrogen (secondary N) is 1. The number of nitrogens with zero attached hydrogens (tertiary/aromatic N) is 3. The highest BCUT2D eigenvalue weighted by atomic mass is 16.2. The summed E-state index contributed by atoms with van der Waals surface area (Å²) in [5.74, 6) is -0.797. The number of amides is 2. The molecule has 2 aromatic rings. The lowest BCUT2D eigenvalue weighted by Gasteiger charge is -2.26. The molecule has 1 aromatic carbocycles. The van der Waals surface area contributed by atoms with Gasteiger partial charge in [0.25, 0.3) is 11.8 Å². The number of nitrogens with two attached hydrogens (primary N) is 1. The molecule has 0 spiro atoms. The van der Waals surface area contributed by atoms with Crippen LogP contribution in [0.15, 0.2) is 36.4 Å². The van der Waals surface area contributed by atoms with Gasteiger partial charge in [0.1, 0.15) is 5.69 Å². The maximum Gasteiger partial charge on any atom is 0.274 e. The number of piperazine rings is 1. The molecule has 114 valence electrons. The molecule has 7 nitrogen and oxygen atoms in total. The molecule has 0 aliphatic carbocycles. The molecule has 3 rings (SSSR count).